The highest BCUT2D eigenvalue weighted by Crippen LogP contribution is 2.12. The number of halogens is 2. The molecule has 1 rings (SSSR count). The van der Waals surface area contributed by atoms with Crippen LogP contribution in [0, 0.1) is 0 Å². The molecule has 1 atom stereocenters. The molecule has 1 aromatic carbocycles. The molecule has 3 heteroatoms. The summed E-state index contributed by atoms with van der Waals surface area (Å²) in [5.74, 6) is 0. The summed E-state index contributed by atoms with van der Waals surface area (Å²) in [5, 5.41) is 8.99. The van der Waals surface area contributed by atoms with Crippen molar-refractivity contribution in [3.05, 3.63) is 34.3 Å². The summed E-state index contributed by atoms with van der Waals surface area (Å²) in [5.41, 5.74) is 1.12. The van der Waals surface area contributed by atoms with Crippen LogP contribution in [0.15, 0.2) is 28.7 Å². The van der Waals surface area contributed by atoms with Crippen LogP contribution in [0.5, 0.6) is 0 Å². The third-order valence-electron chi connectivity index (χ3n) is 1.86. The highest BCUT2D eigenvalue weighted by molar-refractivity contribution is 9.10. The van der Waals surface area contributed by atoms with Crippen molar-refractivity contribution in [3.63, 3.8) is 0 Å². The quantitative estimate of drug-likeness (QED) is 0.867. The maximum absolute atomic E-state index is 11.9. The maximum Gasteiger partial charge on any atom is 0.115 e. The molecule has 1 nitrogen and oxygen atoms in total. The van der Waals surface area contributed by atoms with E-state index in [0.29, 0.717) is 6.42 Å². The molecule has 0 radical (unpaired) electrons. The molecule has 13 heavy (non-hydrogen) atoms. The third kappa shape index (κ3) is 3.87. The van der Waals surface area contributed by atoms with Crippen molar-refractivity contribution in [2.75, 3.05) is 6.67 Å². The third-order valence-corrected chi connectivity index (χ3v) is 2.39. The van der Waals surface area contributed by atoms with Crippen LogP contribution in [0.25, 0.3) is 0 Å². The molecule has 1 aromatic rings. The zero-order chi connectivity index (χ0) is 9.68. The molecule has 0 aliphatic heterocycles. The van der Waals surface area contributed by atoms with E-state index >= 15 is 0 Å². The van der Waals surface area contributed by atoms with E-state index in [9.17, 15) is 4.39 Å². The average Bonchev–Trinajstić information content (AvgIpc) is 2.16. The average molecular weight is 247 g/mol. The van der Waals surface area contributed by atoms with E-state index in [-0.39, 0.29) is 0 Å². The zero-order valence-corrected chi connectivity index (χ0v) is 8.80. The molecule has 0 saturated carbocycles. The fourth-order valence-electron chi connectivity index (χ4n) is 1.06. The Morgan fingerprint density at radius 1 is 1.31 bits per heavy atom. The fourth-order valence-corrected chi connectivity index (χ4v) is 1.33. The Hall–Kier alpha value is -0.410. The lowest BCUT2D eigenvalue weighted by Crippen LogP contribution is -2.09. The van der Waals surface area contributed by atoms with Gasteiger partial charge >= 0.3 is 0 Å². The normalized spacial score (nSPS) is 12.8. The number of aliphatic hydroxyl groups is 1. The second-order valence-corrected chi connectivity index (χ2v) is 3.89. The Kier molecular flexibility index (Phi) is 4.39. The molecule has 0 amide bonds. The standard InChI is InChI=1S/C10H12BrFO/c11-9-4-1-8(2-5-9)3-6-10(13)7-12/h1-2,4-5,10,13H,3,6-7H2. The molecular formula is C10H12BrFO. The van der Waals surface area contributed by atoms with Crippen molar-refractivity contribution in [2.24, 2.45) is 0 Å². The summed E-state index contributed by atoms with van der Waals surface area (Å²) < 4.78 is 12.9. The topological polar surface area (TPSA) is 20.2 Å². The van der Waals surface area contributed by atoms with Gasteiger partial charge in [-0.1, -0.05) is 28.1 Å². The van der Waals surface area contributed by atoms with Gasteiger partial charge in [0.15, 0.2) is 0 Å². The number of rotatable bonds is 4. The molecule has 0 bridgehead atoms. The van der Waals surface area contributed by atoms with Gasteiger partial charge in [0.1, 0.15) is 6.67 Å². The van der Waals surface area contributed by atoms with Crippen LogP contribution in [0.3, 0.4) is 0 Å². The van der Waals surface area contributed by atoms with Gasteiger partial charge < -0.3 is 5.11 Å². The largest absolute Gasteiger partial charge is 0.390 e. The van der Waals surface area contributed by atoms with E-state index in [1.807, 2.05) is 24.3 Å². The Balaban J connectivity index is 2.41. The minimum atomic E-state index is -0.816. The van der Waals surface area contributed by atoms with Gasteiger partial charge in [0, 0.05) is 4.47 Å². The van der Waals surface area contributed by atoms with Crippen molar-refractivity contribution in [2.45, 2.75) is 18.9 Å². The lowest BCUT2D eigenvalue weighted by atomic mass is 10.1. The molecule has 0 aliphatic rings. The van der Waals surface area contributed by atoms with Gasteiger partial charge in [-0.2, -0.15) is 0 Å². The van der Waals surface area contributed by atoms with E-state index in [1.54, 1.807) is 0 Å². The molecule has 72 valence electrons. The summed E-state index contributed by atoms with van der Waals surface area (Å²) in [7, 11) is 0. The van der Waals surface area contributed by atoms with E-state index < -0.39 is 12.8 Å². The highest BCUT2D eigenvalue weighted by atomic mass is 79.9. The number of hydrogen-bond acceptors (Lipinski definition) is 1. The Morgan fingerprint density at radius 3 is 2.46 bits per heavy atom. The monoisotopic (exact) mass is 246 g/mol. The van der Waals surface area contributed by atoms with E-state index in [0.717, 1.165) is 16.5 Å². The molecule has 1 N–H and O–H groups in total. The Morgan fingerprint density at radius 2 is 1.92 bits per heavy atom. The number of benzene rings is 1. The van der Waals surface area contributed by atoms with E-state index in [2.05, 4.69) is 15.9 Å². The van der Waals surface area contributed by atoms with Crippen molar-refractivity contribution in [3.8, 4) is 0 Å². The second-order valence-electron chi connectivity index (χ2n) is 2.97. The minimum absolute atomic E-state index is 0.484. The zero-order valence-electron chi connectivity index (χ0n) is 7.21. The number of hydrogen-bond donors (Lipinski definition) is 1. The van der Waals surface area contributed by atoms with Crippen LogP contribution < -0.4 is 0 Å². The lowest BCUT2D eigenvalue weighted by molar-refractivity contribution is 0.131. The van der Waals surface area contributed by atoms with Gasteiger partial charge in [-0.3, -0.25) is 0 Å². The van der Waals surface area contributed by atoms with Crippen LogP contribution in [0.4, 0.5) is 4.39 Å². The van der Waals surface area contributed by atoms with Gasteiger partial charge in [-0.05, 0) is 30.5 Å². The predicted octanol–water partition coefficient (Wildman–Crippen LogP) is 2.71. The fraction of sp³-hybridized carbons (Fsp3) is 0.400. The van der Waals surface area contributed by atoms with Crippen LogP contribution in [-0.4, -0.2) is 17.9 Å². The van der Waals surface area contributed by atoms with Crippen molar-refractivity contribution in [1.29, 1.82) is 0 Å². The van der Waals surface area contributed by atoms with Gasteiger partial charge in [0.2, 0.25) is 0 Å². The Bertz CT molecular complexity index is 248. The minimum Gasteiger partial charge on any atom is -0.390 e. The van der Waals surface area contributed by atoms with Crippen LogP contribution in [0.2, 0.25) is 0 Å². The predicted molar refractivity (Wildman–Crippen MR) is 54.4 cm³/mol. The lowest BCUT2D eigenvalue weighted by Gasteiger charge is -2.05. The van der Waals surface area contributed by atoms with Crippen molar-refractivity contribution < 1.29 is 9.50 Å². The van der Waals surface area contributed by atoms with Gasteiger partial charge in [0.25, 0.3) is 0 Å². The first-order chi connectivity index (χ1) is 6.22. The Labute approximate surface area is 85.7 Å². The molecule has 0 aromatic heterocycles. The second kappa shape index (κ2) is 5.35. The molecular weight excluding hydrogens is 235 g/mol. The van der Waals surface area contributed by atoms with Crippen molar-refractivity contribution >= 4 is 15.9 Å². The summed E-state index contributed by atoms with van der Waals surface area (Å²) in [6.07, 6.45) is 0.389. The van der Waals surface area contributed by atoms with Crippen LogP contribution >= 0.6 is 15.9 Å². The first-order valence-corrected chi connectivity index (χ1v) is 5.00. The summed E-state index contributed by atoms with van der Waals surface area (Å²) in [4.78, 5) is 0. The van der Waals surface area contributed by atoms with E-state index in [1.165, 1.54) is 0 Å². The van der Waals surface area contributed by atoms with Crippen LogP contribution in [0.1, 0.15) is 12.0 Å². The van der Waals surface area contributed by atoms with Gasteiger partial charge in [0.05, 0.1) is 6.10 Å². The van der Waals surface area contributed by atoms with Crippen molar-refractivity contribution in [1.82, 2.24) is 0 Å². The number of aliphatic hydroxyl groups excluding tert-OH is 1. The maximum atomic E-state index is 11.9. The summed E-state index contributed by atoms with van der Waals surface area (Å²) in [6, 6.07) is 7.82. The molecule has 0 heterocycles. The van der Waals surface area contributed by atoms with E-state index in [4.69, 9.17) is 5.11 Å². The van der Waals surface area contributed by atoms with Gasteiger partial charge in [-0.25, -0.2) is 4.39 Å². The molecule has 0 spiro atoms. The molecule has 0 saturated heterocycles. The summed E-state index contributed by atoms with van der Waals surface area (Å²) in [6.45, 7) is -0.656. The summed E-state index contributed by atoms with van der Waals surface area (Å²) >= 11 is 3.33. The number of alkyl halides is 1. The highest BCUT2D eigenvalue weighted by Gasteiger charge is 2.02. The van der Waals surface area contributed by atoms with Crippen LogP contribution in [-0.2, 0) is 6.42 Å². The first-order valence-electron chi connectivity index (χ1n) is 4.21. The first kappa shape index (κ1) is 10.7. The smallest absolute Gasteiger partial charge is 0.115 e. The number of aryl methyl sites for hydroxylation is 1. The molecule has 0 fully saturated rings. The SMILES string of the molecule is OC(CF)CCc1ccc(Br)cc1. The van der Waals surface area contributed by atoms with Gasteiger partial charge in [-0.15, -0.1) is 0 Å². The molecule has 0 aliphatic carbocycles. The molecule has 1 unspecified atom stereocenters.